The summed E-state index contributed by atoms with van der Waals surface area (Å²) in [7, 11) is -3.58. The van der Waals surface area contributed by atoms with E-state index in [-0.39, 0.29) is 10.3 Å². The second-order valence-corrected chi connectivity index (χ2v) is 10.1. The first-order chi connectivity index (χ1) is 12.7. The lowest BCUT2D eigenvalue weighted by Crippen LogP contribution is -2.29. The molecule has 1 saturated heterocycles. The number of hydrogen-bond acceptors (Lipinski definition) is 3. The van der Waals surface area contributed by atoms with Crippen molar-refractivity contribution in [2.24, 2.45) is 0 Å². The number of hydrogen-bond donors (Lipinski definition) is 1. The van der Waals surface area contributed by atoms with Gasteiger partial charge in [0.25, 0.3) is 10.0 Å². The lowest BCUT2D eigenvalue weighted by atomic mass is 9.87. The van der Waals surface area contributed by atoms with Crippen molar-refractivity contribution in [3.63, 3.8) is 0 Å². The third kappa shape index (κ3) is 5.33. The lowest BCUT2D eigenvalue weighted by molar-refractivity contribution is 0.221. The fraction of sp³-hybridized carbons (Fsp3) is 0.455. The predicted molar refractivity (Wildman–Crippen MR) is 112 cm³/mol. The molecule has 0 bridgehead atoms. The Morgan fingerprint density at radius 2 is 1.48 bits per heavy atom. The molecule has 1 fully saturated rings. The summed E-state index contributed by atoms with van der Waals surface area (Å²) in [6, 6.07) is 14.8. The van der Waals surface area contributed by atoms with Crippen molar-refractivity contribution in [1.82, 2.24) is 4.90 Å². The van der Waals surface area contributed by atoms with Crippen molar-refractivity contribution in [1.29, 1.82) is 0 Å². The third-order valence-electron chi connectivity index (χ3n) is 5.09. The zero-order valence-corrected chi connectivity index (χ0v) is 17.3. The Hall–Kier alpha value is -1.85. The van der Waals surface area contributed by atoms with Crippen LogP contribution in [0.2, 0.25) is 0 Å². The molecule has 0 saturated carbocycles. The first kappa shape index (κ1) is 19.9. The highest BCUT2D eigenvalue weighted by molar-refractivity contribution is 7.92. The molecular formula is C22H30N2O2S. The van der Waals surface area contributed by atoms with Crippen LogP contribution in [0.1, 0.15) is 51.2 Å². The van der Waals surface area contributed by atoms with E-state index in [9.17, 15) is 8.42 Å². The standard InChI is InChI=1S/C22H30N2O2S/c1-22(2,3)19-9-13-21(14-10-19)27(25,26)23-20-11-7-18(8-12-20)17-24-15-5-4-6-16-24/h7-14,23H,4-6,15-17H2,1-3H3. The minimum Gasteiger partial charge on any atom is -0.299 e. The van der Waals surface area contributed by atoms with Crippen LogP contribution in [0.15, 0.2) is 53.4 Å². The van der Waals surface area contributed by atoms with Crippen molar-refractivity contribution >= 4 is 15.7 Å². The average molecular weight is 387 g/mol. The van der Waals surface area contributed by atoms with E-state index in [4.69, 9.17) is 0 Å². The van der Waals surface area contributed by atoms with Gasteiger partial charge in [0.1, 0.15) is 0 Å². The Balaban J connectivity index is 1.66. The Morgan fingerprint density at radius 1 is 0.889 bits per heavy atom. The summed E-state index contributed by atoms with van der Waals surface area (Å²) in [5, 5.41) is 0. The third-order valence-corrected chi connectivity index (χ3v) is 6.49. The van der Waals surface area contributed by atoms with Crippen LogP contribution < -0.4 is 4.72 Å². The van der Waals surface area contributed by atoms with E-state index in [2.05, 4.69) is 30.4 Å². The molecule has 1 aliphatic heterocycles. The lowest BCUT2D eigenvalue weighted by Gasteiger charge is -2.26. The molecule has 2 aromatic rings. The molecule has 5 heteroatoms. The van der Waals surface area contributed by atoms with Crippen LogP contribution in [0.5, 0.6) is 0 Å². The Morgan fingerprint density at radius 3 is 2.04 bits per heavy atom. The maximum Gasteiger partial charge on any atom is 0.261 e. The van der Waals surface area contributed by atoms with E-state index in [1.807, 2.05) is 36.4 Å². The number of piperidine rings is 1. The van der Waals surface area contributed by atoms with Gasteiger partial charge in [-0.25, -0.2) is 8.42 Å². The van der Waals surface area contributed by atoms with Crippen molar-refractivity contribution in [3.05, 3.63) is 59.7 Å². The van der Waals surface area contributed by atoms with Crippen LogP contribution in [-0.2, 0) is 22.0 Å². The normalized spacial score (nSPS) is 16.3. The second-order valence-electron chi connectivity index (χ2n) is 8.41. The molecule has 1 aliphatic rings. The van der Waals surface area contributed by atoms with Crippen LogP contribution in [0, 0.1) is 0 Å². The van der Waals surface area contributed by atoms with Crippen LogP contribution in [0.3, 0.4) is 0 Å². The molecule has 0 aliphatic carbocycles. The largest absolute Gasteiger partial charge is 0.299 e. The van der Waals surface area contributed by atoms with Gasteiger partial charge in [0.15, 0.2) is 0 Å². The van der Waals surface area contributed by atoms with Crippen molar-refractivity contribution in [3.8, 4) is 0 Å². The van der Waals surface area contributed by atoms with E-state index in [0.29, 0.717) is 5.69 Å². The molecule has 1 N–H and O–H groups in total. The summed E-state index contributed by atoms with van der Waals surface area (Å²) in [6.07, 6.45) is 3.87. The number of nitrogens with zero attached hydrogens (tertiary/aromatic N) is 1. The number of nitrogens with one attached hydrogen (secondary N) is 1. The zero-order valence-electron chi connectivity index (χ0n) is 16.5. The van der Waals surface area contributed by atoms with Crippen molar-refractivity contribution in [2.45, 2.75) is 56.9 Å². The number of sulfonamides is 1. The van der Waals surface area contributed by atoms with E-state index in [1.54, 1.807) is 12.1 Å². The Labute approximate surface area is 163 Å². The first-order valence-electron chi connectivity index (χ1n) is 9.69. The molecule has 0 aromatic heterocycles. The summed E-state index contributed by atoms with van der Waals surface area (Å²) in [5.74, 6) is 0. The molecule has 0 atom stereocenters. The van der Waals surface area contributed by atoms with Gasteiger partial charge in [-0.1, -0.05) is 51.5 Å². The minimum atomic E-state index is -3.58. The van der Waals surface area contributed by atoms with E-state index >= 15 is 0 Å². The summed E-state index contributed by atoms with van der Waals surface area (Å²) < 4.78 is 28.0. The molecule has 4 nitrogen and oxygen atoms in total. The Kier molecular flexibility index (Phi) is 5.92. The molecule has 146 valence electrons. The molecule has 1 heterocycles. The minimum absolute atomic E-state index is 0.0000911. The van der Waals surface area contributed by atoms with Gasteiger partial charge in [-0.05, 0) is 66.7 Å². The highest BCUT2D eigenvalue weighted by atomic mass is 32.2. The van der Waals surface area contributed by atoms with Crippen LogP contribution in [0.25, 0.3) is 0 Å². The van der Waals surface area contributed by atoms with Gasteiger partial charge >= 0.3 is 0 Å². The number of likely N-dealkylation sites (tertiary alicyclic amines) is 1. The molecule has 27 heavy (non-hydrogen) atoms. The van der Waals surface area contributed by atoms with Gasteiger partial charge in [-0.2, -0.15) is 0 Å². The Bertz CT molecular complexity index is 845. The van der Waals surface area contributed by atoms with Crippen molar-refractivity contribution in [2.75, 3.05) is 17.8 Å². The van der Waals surface area contributed by atoms with Crippen LogP contribution in [-0.4, -0.2) is 26.4 Å². The topological polar surface area (TPSA) is 49.4 Å². The molecular weight excluding hydrogens is 356 g/mol. The SMILES string of the molecule is CC(C)(C)c1ccc(S(=O)(=O)Nc2ccc(CN3CCCCC3)cc2)cc1. The quantitative estimate of drug-likeness (QED) is 0.805. The van der Waals surface area contributed by atoms with E-state index < -0.39 is 10.0 Å². The van der Waals surface area contributed by atoms with Gasteiger partial charge in [0.2, 0.25) is 0 Å². The molecule has 0 unspecified atom stereocenters. The van der Waals surface area contributed by atoms with Gasteiger partial charge in [-0.3, -0.25) is 9.62 Å². The fourth-order valence-corrected chi connectivity index (χ4v) is 4.46. The van der Waals surface area contributed by atoms with Gasteiger partial charge < -0.3 is 0 Å². The summed E-state index contributed by atoms with van der Waals surface area (Å²) in [4.78, 5) is 2.74. The van der Waals surface area contributed by atoms with Gasteiger partial charge in [0, 0.05) is 12.2 Å². The van der Waals surface area contributed by atoms with Crippen LogP contribution >= 0.6 is 0 Å². The van der Waals surface area contributed by atoms with Crippen LogP contribution in [0.4, 0.5) is 5.69 Å². The number of anilines is 1. The summed E-state index contributed by atoms with van der Waals surface area (Å²) in [5.41, 5.74) is 2.93. The first-order valence-corrected chi connectivity index (χ1v) is 11.2. The highest BCUT2D eigenvalue weighted by Gasteiger charge is 2.18. The second kappa shape index (κ2) is 8.03. The maximum atomic E-state index is 12.6. The smallest absolute Gasteiger partial charge is 0.261 e. The molecule has 0 spiro atoms. The fourth-order valence-electron chi connectivity index (χ4n) is 3.40. The van der Waals surface area contributed by atoms with Crippen molar-refractivity contribution < 1.29 is 8.42 Å². The number of rotatable bonds is 5. The average Bonchev–Trinajstić information content (AvgIpc) is 2.63. The van der Waals surface area contributed by atoms with Gasteiger partial charge in [0.05, 0.1) is 4.90 Å². The highest BCUT2D eigenvalue weighted by Crippen LogP contribution is 2.24. The maximum absolute atomic E-state index is 12.6. The zero-order chi connectivity index (χ0) is 19.5. The van der Waals surface area contributed by atoms with E-state index in [1.165, 1.54) is 24.8 Å². The number of benzene rings is 2. The summed E-state index contributed by atoms with van der Waals surface area (Å²) in [6.45, 7) is 9.57. The monoisotopic (exact) mass is 386 g/mol. The summed E-state index contributed by atoms with van der Waals surface area (Å²) >= 11 is 0. The molecule has 2 aromatic carbocycles. The predicted octanol–water partition coefficient (Wildman–Crippen LogP) is 4.77. The molecule has 0 radical (unpaired) electrons. The molecule has 3 rings (SSSR count). The molecule has 0 amide bonds. The van der Waals surface area contributed by atoms with Gasteiger partial charge in [-0.15, -0.1) is 0 Å². The van der Waals surface area contributed by atoms with E-state index in [0.717, 1.165) is 25.2 Å².